The van der Waals surface area contributed by atoms with Crippen molar-refractivity contribution in [3.05, 3.63) is 111 Å². The fourth-order valence-corrected chi connectivity index (χ4v) is 4.74. The lowest BCUT2D eigenvalue weighted by atomic mass is 9.98. The van der Waals surface area contributed by atoms with Gasteiger partial charge in [-0.05, 0) is 54.8 Å². The summed E-state index contributed by atoms with van der Waals surface area (Å²) in [5.74, 6) is -0.816. The number of aromatic nitrogens is 2. The molecule has 1 atom stereocenters. The zero-order chi connectivity index (χ0) is 26.5. The maximum atomic E-state index is 14.7. The molecule has 0 bridgehead atoms. The van der Waals surface area contributed by atoms with E-state index in [0.717, 1.165) is 5.56 Å². The Morgan fingerprint density at radius 2 is 1.78 bits per heavy atom. The van der Waals surface area contributed by atoms with Gasteiger partial charge in [-0.25, -0.2) is 9.37 Å². The second-order valence-electron chi connectivity index (χ2n) is 9.32. The Morgan fingerprint density at radius 3 is 2.46 bits per heavy atom. The Labute approximate surface area is 220 Å². The fraction of sp³-hybridized carbons (Fsp3) is 0.276. The van der Waals surface area contributed by atoms with E-state index in [1.807, 2.05) is 44.2 Å². The predicted octanol–water partition coefficient (Wildman–Crippen LogP) is 5.43. The van der Waals surface area contributed by atoms with Gasteiger partial charge in [-0.1, -0.05) is 67.9 Å². The van der Waals surface area contributed by atoms with Gasteiger partial charge in [-0.2, -0.15) is 0 Å². The molecule has 3 aromatic carbocycles. The Morgan fingerprint density at radius 1 is 1.08 bits per heavy atom. The standard InChI is InChI=1S/C29H30ClFN4O2/c1-19(2)26(34(16-8-15-32)28(36)22-11-6-7-12-24(22)31)27-33-25-17-21(30)13-14-23(25)29(37)35(27)18-20-9-4-3-5-10-20/h3-7,9-14,17,19,26H,8,15-16,18,32H2,1-2H3/t26-/m1/s1. The first-order valence-electron chi connectivity index (χ1n) is 12.3. The molecule has 0 saturated heterocycles. The summed E-state index contributed by atoms with van der Waals surface area (Å²) in [5.41, 5.74) is 6.90. The molecule has 0 spiro atoms. The van der Waals surface area contributed by atoms with Crippen molar-refractivity contribution in [2.45, 2.75) is 32.9 Å². The summed E-state index contributed by atoms with van der Waals surface area (Å²) >= 11 is 6.25. The third kappa shape index (κ3) is 5.73. The number of carbonyl (C=O) groups is 1. The number of benzene rings is 3. The van der Waals surface area contributed by atoms with Gasteiger partial charge in [0.05, 0.1) is 29.1 Å². The van der Waals surface area contributed by atoms with Gasteiger partial charge < -0.3 is 10.6 Å². The fourth-order valence-electron chi connectivity index (χ4n) is 4.57. The van der Waals surface area contributed by atoms with Crippen molar-refractivity contribution in [1.82, 2.24) is 14.5 Å². The monoisotopic (exact) mass is 520 g/mol. The van der Waals surface area contributed by atoms with Gasteiger partial charge in [-0.3, -0.25) is 14.2 Å². The lowest BCUT2D eigenvalue weighted by molar-refractivity contribution is 0.0598. The van der Waals surface area contributed by atoms with Gasteiger partial charge in [0.2, 0.25) is 0 Å². The topological polar surface area (TPSA) is 81.2 Å². The SMILES string of the molecule is CC(C)[C@H](c1nc2cc(Cl)ccc2c(=O)n1Cc1ccccc1)N(CCCN)C(=O)c1ccccc1F. The lowest BCUT2D eigenvalue weighted by Crippen LogP contribution is -2.42. The minimum atomic E-state index is -0.626. The summed E-state index contributed by atoms with van der Waals surface area (Å²) in [6.07, 6.45) is 0.506. The number of hydrogen-bond acceptors (Lipinski definition) is 4. The number of nitrogens with zero attached hydrogens (tertiary/aromatic N) is 3. The molecule has 1 aromatic heterocycles. The van der Waals surface area contributed by atoms with Crippen LogP contribution in [0.25, 0.3) is 10.9 Å². The van der Waals surface area contributed by atoms with Crippen molar-refractivity contribution in [3.63, 3.8) is 0 Å². The zero-order valence-corrected chi connectivity index (χ0v) is 21.7. The number of carbonyl (C=O) groups excluding carboxylic acids is 1. The highest BCUT2D eigenvalue weighted by Gasteiger charge is 2.33. The number of amides is 1. The minimum Gasteiger partial charge on any atom is -0.330 e. The van der Waals surface area contributed by atoms with E-state index in [1.165, 1.54) is 12.1 Å². The van der Waals surface area contributed by atoms with Crippen LogP contribution in [0.15, 0.2) is 77.6 Å². The molecule has 0 saturated carbocycles. The molecule has 2 N–H and O–H groups in total. The molecule has 0 radical (unpaired) electrons. The predicted molar refractivity (Wildman–Crippen MR) is 145 cm³/mol. The maximum absolute atomic E-state index is 14.7. The van der Waals surface area contributed by atoms with Crippen LogP contribution < -0.4 is 11.3 Å². The van der Waals surface area contributed by atoms with Gasteiger partial charge in [0, 0.05) is 11.6 Å². The van der Waals surface area contributed by atoms with Crippen molar-refractivity contribution in [1.29, 1.82) is 0 Å². The molecule has 8 heteroatoms. The first kappa shape index (κ1) is 26.5. The largest absolute Gasteiger partial charge is 0.330 e. The molecule has 6 nitrogen and oxygen atoms in total. The van der Waals surface area contributed by atoms with Gasteiger partial charge in [-0.15, -0.1) is 0 Å². The van der Waals surface area contributed by atoms with Crippen LogP contribution in [0.4, 0.5) is 4.39 Å². The van der Waals surface area contributed by atoms with E-state index in [4.69, 9.17) is 22.3 Å². The molecule has 0 unspecified atom stereocenters. The highest BCUT2D eigenvalue weighted by atomic mass is 35.5. The van der Waals surface area contributed by atoms with Crippen molar-refractivity contribution in [2.75, 3.05) is 13.1 Å². The third-order valence-corrected chi connectivity index (χ3v) is 6.57. The second-order valence-corrected chi connectivity index (χ2v) is 9.75. The summed E-state index contributed by atoms with van der Waals surface area (Å²) in [5, 5.41) is 0.884. The van der Waals surface area contributed by atoms with E-state index in [9.17, 15) is 14.0 Å². The summed E-state index contributed by atoms with van der Waals surface area (Å²) in [4.78, 5) is 34.1. The Bertz CT molecular complexity index is 1460. The molecule has 0 aliphatic rings. The minimum absolute atomic E-state index is 0.0361. The van der Waals surface area contributed by atoms with E-state index in [1.54, 1.807) is 39.8 Å². The van der Waals surface area contributed by atoms with Crippen LogP contribution in [-0.2, 0) is 6.54 Å². The maximum Gasteiger partial charge on any atom is 0.261 e. The average Bonchev–Trinajstić information content (AvgIpc) is 2.88. The van der Waals surface area contributed by atoms with Gasteiger partial charge in [0.15, 0.2) is 0 Å². The normalized spacial score (nSPS) is 12.2. The molecule has 4 aromatic rings. The first-order chi connectivity index (χ1) is 17.8. The molecule has 0 fully saturated rings. The molecular formula is C29H30ClFN4O2. The van der Waals surface area contributed by atoms with E-state index >= 15 is 0 Å². The summed E-state index contributed by atoms with van der Waals surface area (Å²) in [6, 6.07) is 19.8. The zero-order valence-electron chi connectivity index (χ0n) is 20.9. The van der Waals surface area contributed by atoms with Crippen LogP contribution in [-0.4, -0.2) is 33.4 Å². The summed E-state index contributed by atoms with van der Waals surface area (Å²) in [7, 11) is 0. The van der Waals surface area contributed by atoms with Crippen LogP contribution in [0.3, 0.4) is 0 Å². The Balaban J connectivity index is 1.95. The molecule has 1 heterocycles. The van der Waals surface area contributed by atoms with Crippen molar-refractivity contribution < 1.29 is 9.18 Å². The van der Waals surface area contributed by atoms with Crippen LogP contribution in [0.1, 0.15) is 48.1 Å². The van der Waals surface area contributed by atoms with Crippen LogP contribution in [0.2, 0.25) is 5.02 Å². The highest BCUT2D eigenvalue weighted by molar-refractivity contribution is 6.31. The van der Waals surface area contributed by atoms with E-state index in [-0.39, 0.29) is 30.1 Å². The van der Waals surface area contributed by atoms with E-state index in [0.29, 0.717) is 34.7 Å². The second kappa shape index (κ2) is 11.7. The molecule has 0 aliphatic carbocycles. The van der Waals surface area contributed by atoms with Crippen molar-refractivity contribution in [2.24, 2.45) is 11.7 Å². The molecular weight excluding hydrogens is 491 g/mol. The summed E-state index contributed by atoms with van der Waals surface area (Å²) in [6.45, 7) is 4.80. The number of halogens is 2. The van der Waals surface area contributed by atoms with Crippen LogP contribution in [0, 0.1) is 11.7 Å². The Kier molecular flexibility index (Phi) is 8.36. The number of rotatable bonds is 9. The number of hydrogen-bond donors (Lipinski definition) is 1. The number of fused-ring (bicyclic) bond motifs is 1. The smallest absolute Gasteiger partial charge is 0.261 e. The lowest BCUT2D eigenvalue weighted by Gasteiger charge is -2.35. The van der Waals surface area contributed by atoms with E-state index < -0.39 is 17.8 Å². The molecule has 37 heavy (non-hydrogen) atoms. The van der Waals surface area contributed by atoms with Crippen LogP contribution >= 0.6 is 11.6 Å². The molecule has 0 aliphatic heterocycles. The third-order valence-electron chi connectivity index (χ3n) is 6.33. The van der Waals surface area contributed by atoms with Gasteiger partial charge in [0.25, 0.3) is 11.5 Å². The molecule has 4 rings (SSSR count). The Hall–Kier alpha value is -3.55. The van der Waals surface area contributed by atoms with Crippen LogP contribution in [0.5, 0.6) is 0 Å². The summed E-state index contributed by atoms with van der Waals surface area (Å²) < 4.78 is 16.3. The highest BCUT2D eigenvalue weighted by Crippen LogP contribution is 2.31. The molecule has 1 amide bonds. The van der Waals surface area contributed by atoms with Gasteiger partial charge >= 0.3 is 0 Å². The molecule has 192 valence electrons. The average molecular weight is 521 g/mol. The van der Waals surface area contributed by atoms with Crippen molar-refractivity contribution in [3.8, 4) is 0 Å². The quantitative estimate of drug-likeness (QED) is 0.319. The number of nitrogens with two attached hydrogens (primary N) is 1. The van der Waals surface area contributed by atoms with E-state index in [2.05, 4.69) is 0 Å². The van der Waals surface area contributed by atoms with Crippen molar-refractivity contribution >= 4 is 28.4 Å². The van der Waals surface area contributed by atoms with Gasteiger partial charge in [0.1, 0.15) is 11.6 Å². The first-order valence-corrected chi connectivity index (χ1v) is 12.7.